The van der Waals surface area contributed by atoms with E-state index < -0.39 is 5.60 Å². The number of ether oxygens (including phenoxy) is 1. The quantitative estimate of drug-likeness (QED) is 0.745. The van der Waals surface area contributed by atoms with Crippen LogP contribution in [0.1, 0.15) is 46.0 Å². The van der Waals surface area contributed by atoms with E-state index in [9.17, 15) is 9.90 Å². The van der Waals surface area contributed by atoms with Crippen molar-refractivity contribution in [3.63, 3.8) is 0 Å². The highest BCUT2D eigenvalue weighted by Crippen LogP contribution is 2.15. The highest BCUT2D eigenvalue weighted by atomic mass is 16.5. The third kappa shape index (κ3) is 4.94. The van der Waals surface area contributed by atoms with E-state index in [0.717, 1.165) is 25.9 Å². The number of carbonyl (C=O) groups excluding carboxylic acids is 1. The molecule has 1 amide bonds. The van der Waals surface area contributed by atoms with Crippen LogP contribution in [0, 0.1) is 0 Å². The minimum atomic E-state index is -0.802. The third-order valence-electron chi connectivity index (χ3n) is 3.12. The summed E-state index contributed by atoms with van der Waals surface area (Å²) in [7, 11) is 0. The van der Waals surface area contributed by atoms with Crippen LogP contribution in [-0.2, 0) is 9.53 Å². The maximum absolute atomic E-state index is 11.6. The first kappa shape index (κ1) is 13.5. The molecule has 1 aliphatic rings. The first-order valence-corrected chi connectivity index (χ1v) is 6.14. The molecule has 1 heterocycles. The van der Waals surface area contributed by atoms with Gasteiger partial charge in [0.25, 0.3) is 0 Å². The number of aliphatic hydroxyl groups is 1. The molecule has 1 rings (SSSR count). The van der Waals surface area contributed by atoms with Crippen LogP contribution in [0.5, 0.6) is 0 Å². The highest BCUT2D eigenvalue weighted by Gasteiger charge is 2.21. The fourth-order valence-electron chi connectivity index (χ4n) is 1.66. The molecule has 0 aromatic rings. The predicted molar refractivity (Wildman–Crippen MR) is 62.1 cm³/mol. The first-order chi connectivity index (χ1) is 7.53. The predicted octanol–water partition coefficient (Wildman–Crippen LogP) is 1.22. The van der Waals surface area contributed by atoms with Crippen LogP contribution in [0.3, 0.4) is 0 Å². The average molecular weight is 229 g/mol. The van der Waals surface area contributed by atoms with Gasteiger partial charge < -0.3 is 15.2 Å². The van der Waals surface area contributed by atoms with Crippen LogP contribution >= 0.6 is 0 Å². The van der Waals surface area contributed by atoms with E-state index in [1.807, 2.05) is 6.92 Å². The van der Waals surface area contributed by atoms with Gasteiger partial charge in [-0.05, 0) is 32.6 Å². The van der Waals surface area contributed by atoms with Gasteiger partial charge in [0.1, 0.15) is 0 Å². The van der Waals surface area contributed by atoms with Gasteiger partial charge in [0, 0.05) is 13.2 Å². The molecule has 16 heavy (non-hydrogen) atoms. The molecule has 4 heteroatoms. The molecule has 1 saturated heterocycles. The Morgan fingerprint density at radius 2 is 2.31 bits per heavy atom. The van der Waals surface area contributed by atoms with E-state index >= 15 is 0 Å². The van der Waals surface area contributed by atoms with Gasteiger partial charge in [0.15, 0.2) is 0 Å². The highest BCUT2D eigenvalue weighted by molar-refractivity contribution is 5.76. The van der Waals surface area contributed by atoms with Gasteiger partial charge in [-0.2, -0.15) is 0 Å². The summed E-state index contributed by atoms with van der Waals surface area (Å²) < 4.78 is 5.48. The Morgan fingerprint density at radius 3 is 2.88 bits per heavy atom. The van der Waals surface area contributed by atoms with Crippen molar-refractivity contribution in [3.8, 4) is 0 Å². The fraction of sp³-hybridized carbons (Fsp3) is 0.917. The molecular formula is C12H23NO3. The van der Waals surface area contributed by atoms with Crippen LogP contribution < -0.4 is 5.32 Å². The average Bonchev–Trinajstić information content (AvgIpc) is 2.28. The van der Waals surface area contributed by atoms with Gasteiger partial charge in [-0.3, -0.25) is 4.79 Å². The van der Waals surface area contributed by atoms with Crippen LogP contribution in [0.15, 0.2) is 0 Å². The minimum Gasteiger partial charge on any atom is -0.388 e. The van der Waals surface area contributed by atoms with E-state index in [1.54, 1.807) is 6.92 Å². The Bertz CT molecular complexity index is 222. The third-order valence-corrected chi connectivity index (χ3v) is 3.12. The summed E-state index contributed by atoms with van der Waals surface area (Å²) in [6.07, 6.45) is 4.33. The summed E-state index contributed by atoms with van der Waals surface area (Å²) in [5.74, 6) is -0.0272. The minimum absolute atomic E-state index is 0.0272. The van der Waals surface area contributed by atoms with Gasteiger partial charge in [-0.15, -0.1) is 0 Å². The Labute approximate surface area is 97.4 Å². The molecule has 0 saturated carbocycles. The van der Waals surface area contributed by atoms with E-state index in [1.165, 1.54) is 0 Å². The SMILES string of the molecule is CCC(C)(O)CNC(=O)CC1CCCCO1. The summed E-state index contributed by atoms with van der Waals surface area (Å²) in [5, 5.41) is 12.5. The van der Waals surface area contributed by atoms with Crippen molar-refractivity contribution in [2.24, 2.45) is 0 Å². The maximum Gasteiger partial charge on any atom is 0.222 e. The molecule has 0 spiro atoms. The first-order valence-electron chi connectivity index (χ1n) is 6.14. The number of hydrogen-bond acceptors (Lipinski definition) is 3. The summed E-state index contributed by atoms with van der Waals surface area (Å²) in [6, 6.07) is 0. The number of amides is 1. The second-order valence-corrected chi connectivity index (χ2v) is 4.82. The van der Waals surface area contributed by atoms with Crippen LogP contribution in [0.2, 0.25) is 0 Å². The van der Waals surface area contributed by atoms with Crippen molar-refractivity contribution in [1.82, 2.24) is 5.32 Å². The molecule has 0 aliphatic carbocycles. The normalized spacial score (nSPS) is 24.8. The zero-order valence-electron chi connectivity index (χ0n) is 10.3. The Kier molecular flexibility index (Phi) is 5.22. The van der Waals surface area contributed by atoms with Gasteiger partial charge in [0.05, 0.1) is 18.1 Å². The zero-order valence-corrected chi connectivity index (χ0v) is 10.3. The van der Waals surface area contributed by atoms with Crippen LogP contribution in [-0.4, -0.2) is 35.9 Å². The molecule has 2 unspecified atom stereocenters. The molecule has 94 valence electrons. The molecule has 0 bridgehead atoms. The summed E-state index contributed by atoms with van der Waals surface area (Å²) in [4.78, 5) is 11.6. The van der Waals surface area contributed by atoms with Gasteiger partial charge in [-0.25, -0.2) is 0 Å². The molecule has 2 atom stereocenters. The lowest BCUT2D eigenvalue weighted by molar-refractivity contribution is -0.126. The second-order valence-electron chi connectivity index (χ2n) is 4.82. The van der Waals surface area contributed by atoms with E-state index in [2.05, 4.69) is 5.32 Å². The smallest absolute Gasteiger partial charge is 0.222 e. The lowest BCUT2D eigenvalue weighted by Crippen LogP contribution is -2.41. The molecule has 1 fully saturated rings. The van der Waals surface area contributed by atoms with Crippen molar-refractivity contribution < 1.29 is 14.6 Å². The van der Waals surface area contributed by atoms with Crippen molar-refractivity contribution in [2.45, 2.75) is 57.7 Å². The van der Waals surface area contributed by atoms with Crippen LogP contribution in [0.25, 0.3) is 0 Å². The number of rotatable bonds is 5. The zero-order chi connectivity index (χ0) is 12.0. The summed E-state index contributed by atoms with van der Waals surface area (Å²) in [5.41, 5.74) is -0.802. The van der Waals surface area contributed by atoms with Crippen LogP contribution in [0.4, 0.5) is 0 Å². The van der Waals surface area contributed by atoms with Gasteiger partial charge in [-0.1, -0.05) is 6.92 Å². The summed E-state index contributed by atoms with van der Waals surface area (Å²) in [6.45, 7) is 4.71. The van der Waals surface area contributed by atoms with Crippen molar-refractivity contribution >= 4 is 5.91 Å². The number of nitrogens with one attached hydrogen (secondary N) is 1. The standard InChI is InChI=1S/C12H23NO3/c1-3-12(2,15)9-13-11(14)8-10-6-4-5-7-16-10/h10,15H,3-9H2,1-2H3,(H,13,14). The van der Waals surface area contributed by atoms with Gasteiger partial charge >= 0.3 is 0 Å². The second kappa shape index (κ2) is 6.21. The lowest BCUT2D eigenvalue weighted by Gasteiger charge is -2.24. The fourth-order valence-corrected chi connectivity index (χ4v) is 1.66. The monoisotopic (exact) mass is 229 g/mol. The molecule has 0 aromatic carbocycles. The molecule has 0 aromatic heterocycles. The Balaban J connectivity index is 2.19. The Hall–Kier alpha value is -0.610. The number of carbonyl (C=O) groups is 1. The van der Waals surface area contributed by atoms with Crippen molar-refractivity contribution in [1.29, 1.82) is 0 Å². The van der Waals surface area contributed by atoms with E-state index in [-0.39, 0.29) is 12.0 Å². The molecule has 1 aliphatic heterocycles. The largest absolute Gasteiger partial charge is 0.388 e. The van der Waals surface area contributed by atoms with E-state index in [4.69, 9.17) is 4.74 Å². The molecule has 4 nitrogen and oxygen atoms in total. The Morgan fingerprint density at radius 1 is 1.56 bits per heavy atom. The maximum atomic E-state index is 11.6. The van der Waals surface area contributed by atoms with E-state index in [0.29, 0.717) is 19.4 Å². The molecular weight excluding hydrogens is 206 g/mol. The summed E-state index contributed by atoms with van der Waals surface area (Å²) >= 11 is 0. The van der Waals surface area contributed by atoms with Crippen molar-refractivity contribution in [2.75, 3.05) is 13.2 Å². The van der Waals surface area contributed by atoms with Gasteiger partial charge in [0.2, 0.25) is 5.91 Å². The number of hydrogen-bond donors (Lipinski definition) is 2. The molecule has 2 N–H and O–H groups in total. The lowest BCUT2D eigenvalue weighted by atomic mass is 10.0. The van der Waals surface area contributed by atoms with Crippen molar-refractivity contribution in [3.05, 3.63) is 0 Å². The molecule has 0 radical (unpaired) electrons. The topological polar surface area (TPSA) is 58.6 Å².